The van der Waals surface area contributed by atoms with Crippen LogP contribution in [0.4, 0.5) is 5.82 Å². The Labute approximate surface area is 119 Å². The van der Waals surface area contributed by atoms with Crippen molar-refractivity contribution in [1.29, 1.82) is 0 Å². The molecule has 4 nitrogen and oxygen atoms in total. The Bertz CT molecular complexity index is 448. The summed E-state index contributed by atoms with van der Waals surface area (Å²) in [6.07, 6.45) is 2.55. The first-order chi connectivity index (χ1) is 8.87. The first-order valence-electron chi connectivity index (χ1n) is 6.89. The van der Waals surface area contributed by atoms with Crippen LogP contribution in [0, 0.1) is 0 Å². The molecule has 106 valence electrons. The van der Waals surface area contributed by atoms with Crippen molar-refractivity contribution in [1.82, 2.24) is 9.97 Å². The van der Waals surface area contributed by atoms with Crippen LogP contribution in [0.1, 0.15) is 51.8 Å². The summed E-state index contributed by atoms with van der Waals surface area (Å²) in [5.41, 5.74) is -0.563. The number of hydrogen-bond acceptors (Lipinski definition) is 4. The highest BCUT2D eigenvalue weighted by atomic mass is 35.5. The molecule has 19 heavy (non-hydrogen) atoms. The maximum absolute atomic E-state index is 10.1. The lowest BCUT2D eigenvalue weighted by Gasteiger charge is -2.24. The SMILES string of the molecule is CC(C)c1nc(Cl)cc(N2CCCC(C)(O)CC2)n1. The fourth-order valence-electron chi connectivity index (χ4n) is 2.34. The number of anilines is 1. The van der Waals surface area contributed by atoms with Gasteiger partial charge in [0.15, 0.2) is 0 Å². The van der Waals surface area contributed by atoms with Gasteiger partial charge >= 0.3 is 0 Å². The Balaban J connectivity index is 2.21. The van der Waals surface area contributed by atoms with E-state index in [1.54, 1.807) is 0 Å². The van der Waals surface area contributed by atoms with Gasteiger partial charge in [0.05, 0.1) is 5.60 Å². The summed E-state index contributed by atoms with van der Waals surface area (Å²) in [5, 5.41) is 10.6. The van der Waals surface area contributed by atoms with Crippen molar-refractivity contribution in [2.45, 2.75) is 51.6 Å². The third-order valence-electron chi connectivity index (χ3n) is 3.60. The first kappa shape index (κ1) is 14.5. The van der Waals surface area contributed by atoms with Crippen LogP contribution in [0.2, 0.25) is 5.15 Å². The van der Waals surface area contributed by atoms with Gasteiger partial charge in [0.2, 0.25) is 0 Å². The van der Waals surface area contributed by atoms with Crippen molar-refractivity contribution in [2.24, 2.45) is 0 Å². The van der Waals surface area contributed by atoms with Gasteiger partial charge in [-0.25, -0.2) is 9.97 Å². The molecule has 1 fully saturated rings. The van der Waals surface area contributed by atoms with Gasteiger partial charge in [-0.2, -0.15) is 0 Å². The molecule has 0 radical (unpaired) electrons. The van der Waals surface area contributed by atoms with E-state index in [2.05, 4.69) is 28.7 Å². The lowest BCUT2D eigenvalue weighted by molar-refractivity contribution is 0.0481. The summed E-state index contributed by atoms with van der Waals surface area (Å²) < 4.78 is 0. The van der Waals surface area contributed by atoms with E-state index in [1.807, 2.05) is 13.0 Å². The van der Waals surface area contributed by atoms with Crippen LogP contribution in [0.15, 0.2) is 6.07 Å². The standard InChI is InChI=1S/C14H22ClN3O/c1-10(2)13-16-11(15)9-12(17-13)18-7-4-5-14(3,19)6-8-18/h9-10,19H,4-8H2,1-3H3. The summed E-state index contributed by atoms with van der Waals surface area (Å²) in [7, 11) is 0. The third-order valence-corrected chi connectivity index (χ3v) is 3.80. The molecule has 5 heteroatoms. The zero-order valence-electron chi connectivity index (χ0n) is 11.9. The van der Waals surface area contributed by atoms with Gasteiger partial charge in [0, 0.05) is 25.1 Å². The molecule has 0 spiro atoms. The van der Waals surface area contributed by atoms with E-state index >= 15 is 0 Å². The topological polar surface area (TPSA) is 49.2 Å². The van der Waals surface area contributed by atoms with Crippen LogP contribution < -0.4 is 4.90 Å². The molecule has 2 heterocycles. The third kappa shape index (κ3) is 3.80. The van der Waals surface area contributed by atoms with Crippen LogP contribution in [0.25, 0.3) is 0 Å². The molecule has 1 saturated heterocycles. The van der Waals surface area contributed by atoms with Crippen LogP contribution in [0.5, 0.6) is 0 Å². The van der Waals surface area contributed by atoms with Gasteiger partial charge in [-0.15, -0.1) is 0 Å². The smallest absolute Gasteiger partial charge is 0.135 e. The molecule has 1 aromatic heterocycles. The van der Waals surface area contributed by atoms with Crippen molar-refractivity contribution in [3.63, 3.8) is 0 Å². The molecule has 2 rings (SSSR count). The van der Waals surface area contributed by atoms with E-state index in [9.17, 15) is 5.11 Å². The number of nitrogens with zero attached hydrogens (tertiary/aromatic N) is 3. The van der Waals surface area contributed by atoms with Crippen LogP contribution in [-0.4, -0.2) is 33.8 Å². The van der Waals surface area contributed by atoms with E-state index in [-0.39, 0.29) is 5.92 Å². The highest BCUT2D eigenvalue weighted by Gasteiger charge is 2.25. The Kier molecular flexibility index (Phi) is 4.31. The minimum Gasteiger partial charge on any atom is -0.390 e. The maximum Gasteiger partial charge on any atom is 0.135 e. The molecule has 1 aromatic rings. The number of aromatic nitrogens is 2. The summed E-state index contributed by atoms with van der Waals surface area (Å²) in [5.74, 6) is 1.91. The second-order valence-corrected chi connectivity index (χ2v) is 6.29. The Hall–Kier alpha value is -0.870. The molecule has 0 amide bonds. The number of aliphatic hydroxyl groups is 1. The fourth-order valence-corrected chi connectivity index (χ4v) is 2.52. The summed E-state index contributed by atoms with van der Waals surface area (Å²) in [6.45, 7) is 7.73. The summed E-state index contributed by atoms with van der Waals surface area (Å²) in [6, 6.07) is 1.81. The molecule has 0 aromatic carbocycles. The van der Waals surface area contributed by atoms with Gasteiger partial charge in [0.25, 0.3) is 0 Å². The van der Waals surface area contributed by atoms with Crippen molar-refractivity contribution >= 4 is 17.4 Å². The largest absolute Gasteiger partial charge is 0.390 e. The van der Waals surface area contributed by atoms with Crippen molar-refractivity contribution < 1.29 is 5.11 Å². The molecule has 1 aliphatic heterocycles. The maximum atomic E-state index is 10.1. The Morgan fingerprint density at radius 2 is 2.05 bits per heavy atom. The van der Waals surface area contributed by atoms with E-state index < -0.39 is 5.60 Å². The van der Waals surface area contributed by atoms with Gasteiger partial charge in [-0.05, 0) is 26.2 Å². The second-order valence-electron chi connectivity index (χ2n) is 5.90. The van der Waals surface area contributed by atoms with Gasteiger partial charge in [0.1, 0.15) is 16.8 Å². The van der Waals surface area contributed by atoms with Gasteiger partial charge < -0.3 is 10.0 Å². The molecule has 0 bridgehead atoms. The highest BCUT2D eigenvalue weighted by molar-refractivity contribution is 6.29. The Morgan fingerprint density at radius 3 is 2.74 bits per heavy atom. The van der Waals surface area contributed by atoms with Crippen LogP contribution >= 0.6 is 11.6 Å². The molecular formula is C14H22ClN3O. The quantitative estimate of drug-likeness (QED) is 0.848. The minimum atomic E-state index is -0.563. The van der Waals surface area contributed by atoms with E-state index in [0.29, 0.717) is 5.15 Å². The van der Waals surface area contributed by atoms with Crippen molar-refractivity contribution in [3.8, 4) is 0 Å². The minimum absolute atomic E-state index is 0.257. The normalized spacial score (nSPS) is 24.6. The number of rotatable bonds is 2. The summed E-state index contributed by atoms with van der Waals surface area (Å²) >= 11 is 6.08. The van der Waals surface area contributed by atoms with E-state index in [1.165, 1.54) is 0 Å². The first-order valence-corrected chi connectivity index (χ1v) is 7.27. The van der Waals surface area contributed by atoms with Crippen molar-refractivity contribution in [2.75, 3.05) is 18.0 Å². The molecule has 1 N–H and O–H groups in total. The van der Waals surface area contributed by atoms with E-state index in [0.717, 1.165) is 44.0 Å². The predicted molar refractivity (Wildman–Crippen MR) is 77.8 cm³/mol. The van der Waals surface area contributed by atoms with Crippen molar-refractivity contribution in [3.05, 3.63) is 17.0 Å². The predicted octanol–water partition coefficient (Wildman–Crippen LogP) is 2.99. The zero-order chi connectivity index (χ0) is 14.0. The second kappa shape index (κ2) is 5.63. The van der Waals surface area contributed by atoms with Gasteiger partial charge in [-0.1, -0.05) is 25.4 Å². The fraction of sp³-hybridized carbons (Fsp3) is 0.714. The molecular weight excluding hydrogens is 262 g/mol. The Morgan fingerprint density at radius 1 is 1.32 bits per heavy atom. The lowest BCUT2D eigenvalue weighted by Crippen LogP contribution is -2.29. The molecule has 1 unspecified atom stereocenters. The zero-order valence-corrected chi connectivity index (χ0v) is 12.6. The van der Waals surface area contributed by atoms with Crippen LogP contribution in [-0.2, 0) is 0 Å². The molecule has 1 aliphatic rings. The van der Waals surface area contributed by atoms with E-state index in [4.69, 9.17) is 11.6 Å². The molecule has 0 saturated carbocycles. The molecule has 1 atom stereocenters. The average Bonchev–Trinajstić information content (AvgIpc) is 2.49. The van der Waals surface area contributed by atoms with Gasteiger partial charge in [-0.3, -0.25) is 0 Å². The highest BCUT2D eigenvalue weighted by Crippen LogP contribution is 2.26. The monoisotopic (exact) mass is 283 g/mol. The number of halogens is 1. The molecule has 0 aliphatic carbocycles. The van der Waals surface area contributed by atoms with Crippen LogP contribution in [0.3, 0.4) is 0 Å². The average molecular weight is 284 g/mol. The lowest BCUT2D eigenvalue weighted by atomic mass is 9.98. The number of hydrogen-bond donors (Lipinski definition) is 1. The summed E-state index contributed by atoms with van der Waals surface area (Å²) in [4.78, 5) is 11.0.